The van der Waals surface area contributed by atoms with Gasteiger partial charge in [0.2, 0.25) is 0 Å². The van der Waals surface area contributed by atoms with E-state index in [1.807, 2.05) is 0 Å². The Morgan fingerprint density at radius 1 is 0.906 bits per heavy atom. The fourth-order valence-electron chi connectivity index (χ4n) is 5.17. The van der Waals surface area contributed by atoms with E-state index in [0.717, 1.165) is 23.3 Å². The first-order valence-electron chi connectivity index (χ1n) is 12.2. The molecule has 1 aromatic rings. The minimum absolute atomic E-state index is 0.0298. The van der Waals surface area contributed by atoms with Gasteiger partial charge in [0, 0.05) is 11.6 Å². The Balaban J connectivity index is 1.39. The smallest absolute Gasteiger partial charge is 0.333 e. The largest absolute Gasteiger partial charge is 0.459 e. The predicted octanol–water partition coefficient (Wildman–Crippen LogP) is 6.46. The van der Waals surface area contributed by atoms with E-state index >= 15 is 0 Å². The summed E-state index contributed by atoms with van der Waals surface area (Å²) in [5.41, 5.74) is 2.72. The quantitative estimate of drug-likeness (QED) is 0.265. The second-order valence-corrected chi connectivity index (χ2v) is 9.72. The summed E-state index contributed by atoms with van der Waals surface area (Å²) >= 11 is 0. The van der Waals surface area contributed by atoms with Crippen LogP contribution >= 0.6 is 0 Å². The van der Waals surface area contributed by atoms with Gasteiger partial charge in [-0.1, -0.05) is 50.6 Å². The Hall–Kier alpha value is -2.36. The van der Waals surface area contributed by atoms with Crippen molar-refractivity contribution in [2.24, 2.45) is 17.8 Å². The molecule has 0 bridgehead atoms. The first kappa shape index (κ1) is 24.3. The molecule has 2 aliphatic carbocycles. The summed E-state index contributed by atoms with van der Waals surface area (Å²) in [6.45, 7) is 7.54. The van der Waals surface area contributed by atoms with E-state index in [9.17, 15) is 9.59 Å². The van der Waals surface area contributed by atoms with Crippen molar-refractivity contribution in [3.63, 3.8) is 0 Å². The molecular weight excluding hydrogens is 400 g/mol. The van der Waals surface area contributed by atoms with Crippen LogP contribution in [0.15, 0.2) is 42.5 Å². The van der Waals surface area contributed by atoms with Crippen molar-refractivity contribution in [2.45, 2.75) is 71.1 Å². The van der Waals surface area contributed by atoms with E-state index in [2.05, 4.69) is 37.8 Å². The predicted molar refractivity (Wildman–Crippen MR) is 128 cm³/mol. The van der Waals surface area contributed by atoms with Crippen LogP contribution in [0, 0.1) is 17.8 Å². The summed E-state index contributed by atoms with van der Waals surface area (Å²) in [5, 5.41) is 0. The number of ether oxygens (including phenoxy) is 2. The molecule has 3 rings (SSSR count). The van der Waals surface area contributed by atoms with Crippen molar-refractivity contribution in [3.05, 3.63) is 53.6 Å². The van der Waals surface area contributed by atoms with E-state index in [1.165, 1.54) is 63.0 Å². The highest BCUT2D eigenvalue weighted by Crippen LogP contribution is 2.43. The summed E-state index contributed by atoms with van der Waals surface area (Å²) in [6, 6.07) is 8.55. The van der Waals surface area contributed by atoms with Gasteiger partial charge in [0.15, 0.2) is 0 Å². The zero-order valence-corrected chi connectivity index (χ0v) is 19.7. The lowest BCUT2D eigenvalue weighted by Gasteiger charge is -2.37. The van der Waals surface area contributed by atoms with Crippen LogP contribution in [0.4, 0.5) is 0 Å². The van der Waals surface area contributed by atoms with Crippen molar-refractivity contribution in [1.29, 1.82) is 0 Å². The van der Waals surface area contributed by atoms with Crippen molar-refractivity contribution in [3.8, 4) is 0 Å². The van der Waals surface area contributed by atoms with Crippen LogP contribution in [0.25, 0.3) is 6.08 Å². The Bertz CT molecular complexity index is 791. The summed E-state index contributed by atoms with van der Waals surface area (Å²) in [6.07, 6.45) is 14.3. The molecule has 0 unspecified atom stereocenters. The van der Waals surface area contributed by atoms with Crippen molar-refractivity contribution in [1.82, 2.24) is 0 Å². The van der Waals surface area contributed by atoms with Gasteiger partial charge in [-0.3, -0.25) is 0 Å². The zero-order valence-electron chi connectivity index (χ0n) is 19.7. The number of hydrogen-bond donors (Lipinski definition) is 0. The zero-order chi connectivity index (χ0) is 22.9. The standard InChI is InChI=1S/C28H38O4/c1-20(2)28(30)32-19-18-31-27(29)17-8-22-6-11-24(12-7-22)26-15-13-25(14-16-26)23-9-4-21(3)5-10-23/h6-8,11-12,17,21,23,25-26H,1,4-5,9-10,13-16,18-19H2,2-3H3/b17-8+. The number of esters is 2. The summed E-state index contributed by atoms with van der Waals surface area (Å²) in [4.78, 5) is 23.1. The van der Waals surface area contributed by atoms with E-state index in [-0.39, 0.29) is 13.2 Å². The van der Waals surface area contributed by atoms with Gasteiger partial charge in [-0.05, 0) is 86.3 Å². The summed E-state index contributed by atoms with van der Waals surface area (Å²) in [7, 11) is 0. The van der Waals surface area contributed by atoms with Gasteiger partial charge < -0.3 is 9.47 Å². The maximum atomic E-state index is 11.8. The van der Waals surface area contributed by atoms with Crippen LogP contribution in [0.3, 0.4) is 0 Å². The average Bonchev–Trinajstić information content (AvgIpc) is 2.81. The Morgan fingerprint density at radius 3 is 2.06 bits per heavy atom. The fourth-order valence-corrected chi connectivity index (χ4v) is 5.17. The third-order valence-corrected chi connectivity index (χ3v) is 7.23. The number of rotatable bonds is 8. The SMILES string of the molecule is C=C(C)C(=O)OCCOC(=O)/C=C/c1ccc(C2CCC(C3CCC(C)CC3)CC2)cc1. The Kier molecular flexibility index (Phi) is 9.13. The Labute approximate surface area is 193 Å². The number of carbonyl (C=O) groups is 2. The van der Waals surface area contributed by atoms with Gasteiger partial charge in [0.25, 0.3) is 0 Å². The maximum absolute atomic E-state index is 11.8. The van der Waals surface area contributed by atoms with Crippen LogP contribution in [0.2, 0.25) is 0 Å². The molecule has 0 N–H and O–H groups in total. The molecule has 0 atom stereocenters. The second kappa shape index (κ2) is 12.0. The molecule has 2 saturated carbocycles. The van der Waals surface area contributed by atoms with E-state index in [1.54, 1.807) is 13.0 Å². The summed E-state index contributed by atoms with van der Waals surface area (Å²) in [5.74, 6) is 2.58. The van der Waals surface area contributed by atoms with Gasteiger partial charge in [-0.25, -0.2) is 9.59 Å². The molecule has 0 radical (unpaired) electrons. The van der Waals surface area contributed by atoms with Crippen molar-refractivity contribution >= 4 is 18.0 Å². The molecule has 174 valence electrons. The van der Waals surface area contributed by atoms with E-state index in [4.69, 9.17) is 9.47 Å². The minimum atomic E-state index is -0.478. The van der Waals surface area contributed by atoms with Crippen molar-refractivity contribution < 1.29 is 19.1 Å². The van der Waals surface area contributed by atoms with Crippen LogP contribution in [-0.4, -0.2) is 25.2 Å². The number of benzene rings is 1. The van der Waals surface area contributed by atoms with Gasteiger partial charge >= 0.3 is 11.9 Å². The lowest BCUT2D eigenvalue weighted by Crippen LogP contribution is -2.24. The highest BCUT2D eigenvalue weighted by Gasteiger charge is 2.30. The average molecular weight is 439 g/mol. The topological polar surface area (TPSA) is 52.6 Å². The third-order valence-electron chi connectivity index (χ3n) is 7.23. The highest BCUT2D eigenvalue weighted by atomic mass is 16.6. The molecule has 4 nitrogen and oxygen atoms in total. The Morgan fingerprint density at radius 2 is 1.47 bits per heavy atom. The number of hydrogen-bond acceptors (Lipinski definition) is 4. The first-order chi connectivity index (χ1) is 15.4. The number of carbonyl (C=O) groups excluding carboxylic acids is 2. The molecular formula is C28H38O4. The monoisotopic (exact) mass is 438 g/mol. The van der Waals surface area contributed by atoms with Crippen LogP contribution < -0.4 is 0 Å². The molecule has 0 spiro atoms. The van der Waals surface area contributed by atoms with Crippen LogP contribution in [-0.2, 0) is 19.1 Å². The van der Waals surface area contributed by atoms with E-state index < -0.39 is 11.9 Å². The molecule has 2 fully saturated rings. The normalized spacial score (nSPS) is 25.9. The second-order valence-electron chi connectivity index (χ2n) is 9.72. The van der Waals surface area contributed by atoms with Gasteiger partial charge in [-0.15, -0.1) is 0 Å². The molecule has 0 aromatic heterocycles. The van der Waals surface area contributed by atoms with Gasteiger partial charge in [0.1, 0.15) is 13.2 Å². The molecule has 0 amide bonds. The molecule has 4 heteroatoms. The lowest BCUT2D eigenvalue weighted by molar-refractivity contribution is -0.146. The molecule has 32 heavy (non-hydrogen) atoms. The molecule has 0 heterocycles. The lowest BCUT2D eigenvalue weighted by atomic mass is 9.68. The molecule has 1 aromatic carbocycles. The molecule has 2 aliphatic rings. The van der Waals surface area contributed by atoms with Gasteiger partial charge in [-0.2, -0.15) is 0 Å². The van der Waals surface area contributed by atoms with Crippen molar-refractivity contribution in [2.75, 3.05) is 13.2 Å². The van der Waals surface area contributed by atoms with E-state index in [0.29, 0.717) is 11.5 Å². The molecule has 0 saturated heterocycles. The van der Waals surface area contributed by atoms with Crippen LogP contribution in [0.1, 0.15) is 82.3 Å². The first-order valence-corrected chi connectivity index (χ1v) is 12.2. The molecule has 0 aliphatic heterocycles. The minimum Gasteiger partial charge on any atom is -0.459 e. The third kappa shape index (κ3) is 7.36. The van der Waals surface area contributed by atoms with Gasteiger partial charge in [0.05, 0.1) is 0 Å². The fraction of sp³-hybridized carbons (Fsp3) is 0.571. The highest BCUT2D eigenvalue weighted by molar-refractivity contribution is 5.87. The maximum Gasteiger partial charge on any atom is 0.333 e. The summed E-state index contributed by atoms with van der Waals surface area (Å²) < 4.78 is 9.94. The van der Waals surface area contributed by atoms with Crippen LogP contribution in [0.5, 0.6) is 0 Å².